The quantitative estimate of drug-likeness (QED) is 0.817. The molecular formula is C17H21BrN2O2. The third kappa shape index (κ3) is 1.66. The Balaban J connectivity index is 1.99. The minimum absolute atomic E-state index is 0.105. The fraction of sp³-hybridized carbons (Fsp3) is 0.588. The molecule has 1 N–H and O–H groups in total. The van der Waals surface area contributed by atoms with Crippen LogP contribution in [0.5, 0.6) is 0 Å². The molecule has 2 aliphatic rings. The zero-order chi connectivity index (χ0) is 16.3. The highest BCUT2D eigenvalue weighted by molar-refractivity contribution is 9.10. The lowest BCUT2D eigenvalue weighted by molar-refractivity contribution is -0.130. The second-order valence-corrected chi connectivity index (χ2v) is 8.24. The molecule has 1 aromatic heterocycles. The van der Waals surface area contributed by atoms with Crippen molar-refractivity contribution >= 4 is 33.4 Å². The number of alkyl halides is 1. The van der Waals surface area contributed by atoms with Crippen LogP contribution in [0.2, 0.25) is 0 Å². The normalized spacial score (nSPS) is 35.7. The molecule has 0 radical (unpaired) electrons. The van der Waals surface area contributed by atoms with E-state index < -0.39 is 15.7 Å². The SMILES string of the molecule is Cc1ccnc(NC(=O)C23CCC(C)(C(=O)C2Br)C3(C)C)c1. The first-order chi connectivity index (χ1) is 10.2. The van der Waals surface area contributed by atoms with Crippen LogP contribution in [0.4, 0.5) is 5.82 Å². The molecule has 22 heavy (non-hydrogen) atoms. The van der Waals surface area contributed by atoms with E-state index in [4.69, 9.17) is 0 Å². The number of anilines is 1. The molecule has 118 valence electrons. The lowest BCUT2D eigenvalue weighted by atomic mass is 9.64. The number of aryl methyl sites for hydroxylation is 1. The molecule has 0 saturated heterocycles. The summed E-state index contributed by atoms with van der Waals surface area (Å²) in [5.41, 5.74) is -0.515. The molecule has 2 fully saturated rings. The highest BCUT2D eigenvalue weighted by atomic mass is 79.9. The summed E-state index contributed by atoms with van der Waals surface area (Å²) < 4.78 is 0. The Morgan fingerprint density at radius 1 is 1.36 bits per heavy atom. The molecule has 0 aromatic carbocycles. The fourth-order valence-corrected chi connectivity index (χ4v) is 5.80. The predicted molar refractivity (Wildman–Crippen MR) is 88.9 cm³/mol. The summed E-state index contributed by atoms with van der Waals surface area (Å²) in [4.78, 5) is 29.5. The van der Waals surface area contributed by atoms with Gasteiger partial charge in [-0.2, -0.15) is 0 Å². The van der Waals surface area contributed by atoms with E-state index in [1.165, 1.54) is 0 Å². The first kappa shape index (κ1) is 15.7. The van der Waals surface area contributed by atoms with Gasteiger partial charge in [0, 0.05) is 11.6 Å². The van der Waals surface area contributed by atoms with Gasteiger partial charge in [-0.1, -0.05) is 36.7 Å². The number of nitrogens with one attached hydrogen (secondary N) is 1. The van der Waals surface area contributed by atoms with Gasteiger partial charge < -0.3 is 5.32 Å². The van der Waals surface area contributed by atoms with E-state index in [1.54, 1.807) is 6.20 Å². The van der Waals surface area contributed by atoms with Crippen molar-refractivity contribution < 1.29 is 9.59 Å². The van der Waals surface area contributed by atoms with Crippen molar-refractivity contribution in [2.45, 2.75) is 45.4 Å². The maximum absolute atomic E-state index is 13.1. The van der Waals surface area contributed by atoms with Crippen LogP contribution in [-0.2, 0) is 9.59 Å². The molecule has 2 aliphatic carbocycles. The van der Waals surface area contributed by atoms with E-state index in [-0.39, 0.29) is 17.1 Å². The number of hydrogen-bond donors (Lipinski definition) is 1. The van der Waals surface area contributed by atoms with Crippen molar-refractivity contribution in [3.8, 4) is 0 Å². The number of aromatic nitrogens is 1. The number of carbonyl (C=O) groups is 2. The van der Waals surface area contributed by atoms with Crippen LogP contribution in [0.3, 0.4) is 0 Å². The highest BCUT2D eigenvalue weighted by Crippen LogP contribution is 2.72. The number of halogens is 1. The molecule has 2 saturated carbocycles. The average Bonchev–Trinajstić information content (AvgIpc) is 2.71. The minimum atomic E-state index is -0.718. The maximum Gasteiger partial charge on any atom is 0.233 e. The Labute approximate surface area is 139 Å². The van der Waals surface area contributed by atoms with E-state index >= 15 is 0 Å². The lowest BCUT2D eigenvalue weighted by Crippen LogP contribution is -2.48. The van der Waals surface area contributed by atoms with Crippen molar-refractivity contribution in [1.29, 1.82) is 0 Å². The second-order valence-electron chi connectivity index (χ2n) is 7.33. The smallest absolute Gasteiger partial charge is 0.233 e. The fourth-order valence-electron chi connectivity index (χ4n) is 4.29. The predicted octanol–water partition coefficient (Wildman–Crippen LogP) is 3.49. The van der Waals surface area contributed by atoms with E-state index in [0.29, 0.717) is 5.82 Å². The molecule has 3 rings (SSSR count). The zero-order valence-electron chi connectivity index (χ0n) is 13.4. The number of pyridine rings is 1. The van der Waals surface area contributed by atoms with E-state index in [2.05, 4.69) is 26.2 Å². The third-order valence-electron chi connectivity index (χ3n) is 6.28. The summed E-state index contributed by atoms with van der Waals surface area (Å²) in [6.07, 6.45) is 3.16. The van der Waals surface area contributed by atoms with Gasteiger partial charge in [-0.15, -0.1) is 0 Å². The van der Waals surface area contributed by atoms with Crippen molar-refractivity contribution in [1.82, 2.24) is 4.98 Å². The number of amides is 1. The number of hydrogen-bond acceptors (Lipinski definition) is 3. The molecule has 3 unspecified atom stereocenters. The Morgan fingerprint density at radius 2 is 2.05 bits per heavy atom. The molecule has 2 bridgehead atoms. The van der Waals surface area contributed by atoms with Crippen LogP contribution < -0.4 is 5.32 Å². The van der Waals surface area contributed by atoms with Gasteiger partial charge in [-0.25, -0.2) is 4.98 Å². The van der Waals surface area contributed by atoms with Gasteiger partial charge in [0.2, 0.25) is 5.91 Å². The Morgan fingerprint density at radius 3 is 2.59 bits per heavy atom. The van der Waals surface area contributed by atoms with Crippen molar-refractivity contribution in [3.05, 3.63) is 23.9 Å². The summed E-state index contributed by atoms with van der Waals surface area (Å²) >= 11 is 3.53. The van der Waals surface area contributed by atoms with Gasteiger partial charge >= 0.3 is 0 Å². The van der Waals surface area contributed by atoms with Gasteiger partial charge in [0.05, 0.1) is 10.2 Å². The standard InChI is InChI=1S/C17H21BrN2O2/c1-10-5-8-19-11(9-10)20-14(22)17-7-6-16(4,15(17,2)3)13(21)12(17)18/h5,8-9,12H,6-7H2,1-4H3,(H,19,20,22). The first-order valence-electron chi connectivity index (χ1n) is 7.59. The molecule has 3 atom stereocenters. The number of ketones is 1. The monoisotopic (exact) mass is 364 g/mol. The number of fused-ring (bicyclic) bond motifs is 2. The van der Waals surface area contributed by atoms with Crippen molar-refractivity contribution in [3.63, 3.8) is 0 Å². The van der Waals surface area contributed by atoms with Crippen molar-refractivity contribution in [2.75, 3.05) is 5.32 Å². The van der Waals surface area contributed by atoms with Crippen molar-refractivity contribution in [2.24, 2.45) is 16.2 Å². The lowest BCUT2D eigenvalue weighted by Gasteiger charge is -2.39. The van der Waals surface area contributed by atoms with Gasteiger partial charge in [-0.3, -0.25) is 9.59 Å². The molecule has 5 heteroatoms. The largest absolute Gasteiger partial charge is 0.310 e. The number of carbonyl (C=O) groups excluding carboxylic acids is 2. The topological polar surface area (TPSA) is 59.1 Å². The maximum atomic E-state index is 13.1. The average molecular weight is 365 g/mol. The van der Waals surface area contributed by atoms with Crippen LogP contribution >= 0.6 is 15.9 Å². The van der Waals surface area contributed by atoms with Crippen LogP contribution in [0, 0.1) is 23.2 Å². The zero-order valence-corrected chi connectivity index (χ0v) is 15.0. The summed E-state index contributed by atoms with van der Waals surface area (Å²) in [7, 11) is 0. The summed E-state index contributed by atoms with van der Waals surface area (Å²) in [6, 6.07) is 3.73. The summed E-state index contributed by atoms with van der Waals surface area (Å²) in [5, 5.41) is 2.93. The van der Waals surface area contributed by atoms with Crippen LogP contribution in [0.15, 0.2) is 18.3 Å². The molecule has 1 aromatic rings. The minimum Gasteiger partial charge on any atom is -0.310 e. The highest BCUT2D eigenvalue weighted by Gasteiger charge is 2.76. The van der Waals surface area contributed by atoms with E-state index in [1.807, 2.05) is 39.8 Å². The van der Waals surface area contributed by atoms with E-state index in [9.17, 15) is 9.59 Å². The van der Waals surface area contributed by atoms with Gasteiger partial charge in [0.1, 0.15) is 5.82 Å². The molecule has 4 nitrogen and oxygen atoms in total. The second kappa shape index (κ2) is 4.63. The van der Waals surface area contributed by atoms with Gasteiger partial charge in [0.15, 0.2) is 5.78 Å². The van der Waals surface area contributed by atoms with Crippen LogP contribution in [0.1, 0.15) is 39.2 Å². The third-order valence-corrected chi connectivity index (χ3v) is 7.48. The summed E-state index contributed by atoms with van der Waals surface area (Å²) in [5.74, 6) is 0.589. The number of rotatable bonds is 2. The number of nitrogens with zero attached hydrogens (tertiary/aromatic N) is 1. The van der Waals surface area contributed by atoms with Crippen LogP contribution in [-0.4, -0.2) is 21.5 Å². The molecule has 0 aliphatic heterocycles. The van der Waals surface area contributed by atoms with Crippen LogP contribution in [0.25, 0.3) is 0 Å². The van der Waals surface area contributed by atoms with Gasteiger partial charge in [0.25, 0.3) is 0 Å². The molecule has 0 spiro atoms. The first-order valence-corrected chi connectivity index (χ1v) is 8.51. The molecule has 1 amide bonds. The number of Topliss-reactive ketones (excluding diaryl/α,β-unsaturated/α-hetero) is 1. The Bertz CT molecular complexity index is 672. The van der Waals surface area contributed by atoms with Gasteiger partial charge in [-0.05, 0) is 42.9 Å². The summed E-state index contributed by atoms with van der Waals surface area (Å²) in [6.45, 7) is 8.04. The van der Waals surface area contributed by atoms with E-state index in [0.717, 1.165) is 18.4 Å². The molecular weight excluding hydrogens is 344 g/mol. The molecule has 1 heterocycles. The Hall–Kier alpha value is -1.23. The Kier molecular flexibility index (Phi) is 3.30.